The van der Waals surface area contributed by atoms with Crippen molar-refractivity contribution in [3.63, 3.8) is 0 Å². The summed E-state index contributed by atoms with van der Waals surface area (Å²) < 4.78 is 92.8. The van der Waals surface area contributed by atoms with E-state index in [0.29, 0.717) is 0 Å². The molecular formula is C12H17N2O4P. The third kappa shape index (κ3) is 3.58. The molecule has 19 heavy (non-hydrogen) atoms. The molecule has 3 N–H and O–H groups in total. The van der Waals surface area contributed by atoms with E-state index in [9.17, 15) is 4.57 Å². The summed E-state index contributed by atoms with van der Waals surface area (Å²) in [5.74, 6) is -0.499. The van der Waals surface area contributed by atoms with Gasteiger partial charge in [-0.1, -0.05) is 6.07 Å². The number of phosphoric ester groups is 1. The number of aromatic amines is 1. The van der Waals surface area contributed by atoms with Crippen molar-refractivity contribution in [2.45, 2.75) is 6.37 Å². The van der Waals surface area contributed by atoms with Crippen molar-refractivity contribution in [1.29, 1.82) is 0 Å². The van der Waals surface area contributed by atoms with Gasteiger partial charge in [0, 0.05) is 37.3 Å². The number of phosphoric acid groups is 1. The van der Waals surface area contributed by atoms with Crippen molar-refractivity contribution >= 4 is 18.7 Å². The van der Waals surface area contributed by atoms with Gasteiger partial charge in [-0.05, 0) is 38.0 Å². The maximum atomic E-state index is 11.2. The quantitative estimate of drug-likeness (QED) is 0.731. The van der Waals surface area contributed by atoms with Gasteiger partial charge in [0.15, 0.2) is 0 Å². The molecule has 0 aliphatic rings. The van der Waals surface area contributed by atoms with E-state index in [4.69, 9.17) is 23.5 Å². The molecule has 2 rings (SSSR count). The summed E-state index contributed by atoms with van der Waals surface area (Å²) in [6.07, 6.45) is -2.32. The van der Waals surface area contributed by atoms with Crippen molar-refractivity contribution in [2.75, 3.05) is 20.4 Å². The van der Waals surface area contributed by atoms with Crippen LogP contribution >= 0.6 is 7.82 Å². The summed E-state index contributed by atoms with van der Waals surface area (Å²) in [6, 6.07) is 3.80. The van der Waals surface area contributed by atoms with Gasteiger partial charge < -0.3 is 14.4 Å². The van der Waals surface area contributed by atoms with Crippen LogP contribution in [0.2, 0.25) is 0 Å². The predicted molar refractivity (Wildman–Crippen MR) is 73.2 cm³/mol. The van der Waals surface area contributed by atoms with E-state index in [2.05, 4.69) is 9.51 Å². The van der Waals surface area contributed by atoms with Gasteiger partial charge in [0.2, 0.25) is 0 Å². The van der Waals surface area contributed by atoms with Gasteiger partial charge in [0.25, 0.3) is 0 Å². The Morgan fingerprint density at radius 1 is 1.53 bits per heavy atom. The number of aryl methyl sites for hydroxylation is 1. The number of nitrogens with zero attached hydrogens (tertiary/aromatic N) is 1. The Morgan fingerprint density at radius 3 is 3.00 bits per heavy atom. The van der Waals surface area contributed by atoms with E-state index in [1.165, 1.54) is 12.1 Å². The second kappa shape index (κ2) is 5.35. The van der Waals surface area contributed by atoms with Crippen molar-refractivity contribution < 1.29 is 32.6 Å². The molecule has 0 spiro atoms. The van der Waals surface area contributed by atoms with Crippen LogP contribution in [-0.4, -0.2) is 40.1 Å². The highest BCUT2D eigenvalue weighted by atomic mass is 31.2. The number of benzene rings is 1. The van der Waals surface area contributed by atoms with Crippen LogP contribution < -0.4 is 4.52 Å². The van der Waals surface area contributed by atoms with Crippen LogP contribution in [0, 0.1) is 0 Å². The SMILES string of the molecule is [2H]C([2H])([2H])N(C([2H])([2H])[2H])C([2H])([2H])C([2H])([2H])c1c[nH]c2cccc(OP(=O)(O)O)c12. The zero-order valence-corrected chi connectivity index (χ0v) is 10.3. The molecule has 0 radical (unpaired) electrons. The molecule has 0 aliphatic heterocycles. The molecule has 0 amide bonds. The lowest BCUT2D eigenvalue weighted by molar-refractivity contribution is 0.284. The number of aromatic nitrogens is 1. The first-order chi connectivity index (χ1) is 12.8. The third-order valence-corrected chi connectivity index (χ3v) is 2.62. The minimum atomic E-state index is -5.07. The maximum Gasteiger partial charge on any atom is 0.524 e. The van der Waals surface area contributed by atoms with Crippen LogP contribution in [0.4, 0.5) is 0 Å². The fourth-order valence-electron chi connectivity index (χ4n) is 1.57. The van der Waals surface area contributed by atoms with Crippen molar-refractivity contribution in [1.82, 2.24) is 9.88 Å². The van der Waals surface area contributed by atoms with Crippen LogP contribution in [0.25, 0.3) is 10.9 Å². The van der Waals surface area contributed by atoms with Crippen molar-refractivity contribution in [3.8, 4) is 5.75 Å². The summed E-state index contributed by atoms with van der Waals surface area (Å²) in [4.78, 5) is 20.2. The Morgan fingerprint density at radius 2 is 2.32 bits per heavy atom. The highest BCUT2D eigenvalue weighted by Crippen LogP contribution is 2.41. The standard InChI is InChI=1S/C12H17N2O4P/c1-14(2)7-6-9-8-13-10-4-3-5-11(12(9)10)18-19(15,16)17/h3-5,8,13H,6-7H2,1-2H3,(H2,15,16,17)/i1D3,2D3,6D2,7D2. The van der Waals surface area contributed by atoms with E-state index in [1.54, 1.807) is 0 Å². The zero-order valence-electron chi connectivity index (χ0n) is 19.4. The smallest absolute Gasteiger partial charge is 0.404 e. The Labute approximate surface area is 125 Å². The van der Waals surface area contributed by atoms with Gasteiger partial charge in [-0.2, -0.15) is 0 Å². The van der Waals surface area contributed by atoms with Gasteiger partial charge in [-0.3, -0.25) is 9.79 Å². The number of fused-ring (bicyclic) bond motifs is 1. The molecule has 0 aliphatic carbocycles. The number of nitrogens with one attached hydrogen (secondary N) is 1. The minimum absolute atomic E-state index is 0.0972. The lowest BCUT2D eigenvalue weighted by Gasteiger charge is -2.11. The summed E-state index contributed by atoms with van der Waals surface area (Å²) in [6.45, 7) is -10.7. The summed E-state index contributed by atoms with van der Waals surface area (Å²) >= 11 is 0. The van der Waals surface area contributed by atoms with Gasteiger partial charge in [0.1, 0.15) is 5.75 Å². The van der Waals surface area contributed by atoms with E-state index in [1.807, 2.05) is 0 Å². The molecule has 6 nitrogen and oxygen atoms in total. The Balaban J connectivity index is 2.75. The van der Waals surface area contributed by atoms with Gasteiger partial charge >= 0.3 is 7.82 Å². The molecule has 1 heterocycles. The van der Waals surface area contributed by atoms with E-state index in [-0.39, 0.29) is 10.9 Å². The number of rotatable bonds is 5. The first-order valence-corrected chi connectivity index (χ1v) is 6.49. The number of hydrogen-bond donors (Lipinski definition) is 3. The first kappa shape index (κ1) is 5.97. The Hall–Kier alpha value is -1.33. The number of H-pyrrole nitrogens is 1. The number of likely N-dealkylation sites (N-methyl/N-ethyl adjacent to an activating group) is 1. The maximum absolute atomic E-state index is 11.2. The summed E-state index contributed by atoms with van der Waals surface area (Å²) in [5.41, 5.74) is -0.486. The first-order valence-electron chi connectivity index (χ1n) is 9.96. The lowest BCUT2D eigenvalue weighted by Crippen LogP contribution is -2.14. The lowest BCUT2D eigenvalue weighted by atomic mass is 10.1. The van der Waals surface area contributed by atoms with E-state index in [0.717, 1.165) is 12.3 Å². The number of hydrogen-bond acceptors (Lipinski definition) is 3. The van der Waals surface area contributed by atoms with Crippen LogP contribution in [0.15, 0.2) is 24.4 Å². The van der Waals surface area contributed by atoms with E-state index < -0.39 is 50.9 Å². The third-order valence-electron chi connectivity index (χ3n) is 2.19. The molecule has 0 atom stereocenters. The normalized spacial score (nSPS) is 22.9. The monoisotopic (exact) mass is 294 g/mol. The molecule has 0 unspecified atom stereocenters. The van der Waals surface area contributed by atoms with E-state index >= 15 is 0 Å². The molecule has 0 saturated heterocycles. The highest BCUT2D eigenvalue weighted by Gasteiger charge is 2.19. The molecule has 1 aromatic heterocycles. The van der Waals surface area contributed by atoms with Gasteiger partial charge in [0.05, 0.1) is 0 Å². The molecule has 1 aromatic carbocycles. The van der Waals surface area contributed by atoms with Crippen molar-refractivity contribution in [2.24, 2.45) is 0 Å². The molecule has 0 bridgehead atoms. The predicted octanol–water partition coefficient (Wildman–Crippen LogP) is 1.74. The zero-order chi connectivity index (χ0) is 22.6. The fourth-order valence-corrected chi connectivity index (χ4v) is 1.98. The second-order valence-corrected chi connectivity index (χ2v) is 4.70. The molecule has 0 saturated carbocycles. The largest absolute Gasteiger partial charge is 0.524 e. The summed E-state index contributed by atoms with van der Waals surface area (Å²) in [7, 11) is -5.07. The van der Waals surface area contributed by atoms with Crippen LogP contribution in [0.5, 0.6) is 5.75 Å². The average Bonchev–Trinajstić information content (AvgIpc) is 2.87. The fraction of sp³-hybridized carbons (Fsp3) is 0.333. The Bertz CT molecular complexity index is 934. The highest BCUT2D eigenvalue weighted by molar-refractivity contribution is 7.46. The molecule has 104 valence electrons. The Kier molecular flexibility index (Phi) is 1.68. The van der Waals surface area contributed by atoms with Crippen molar-refractivity contribution in [3.05, 3.63) is 30.0 Å². The molecule has 7 heteroatoms. The topological polar surface area (TPSA) is 85.8 Å². The average molecular weight is 294 g/mol. The van der Waals surface area contributed by atoms with Crippen LogP contribution in [-0.2, 0) is 10.9 Å². The molecular weight excluding hydrogens is 267 g/mol. The van der Waals surface area contributed by atoms with Crippen LogP contribution in [0.1, 0.15) is 19.3 Å². The molecule has 0 fully saturated rings. The van der Waals surface area contributed by atoms with Crippen LogP contribution in [0.3, 0.4) is 0 Å². The van der Waals surface area contributed by atoms with Gasteiger partial charge in [-0.15, -0.1) is 0 Å². The second-order valence-electron chi connectivity index (χ2n) is 3.54. The minimum Gasteiger partial charge on any atom is -0.404 e. The molecule has 2 aromatic rings. The summed E-state index contributed by atoms with van der Waals surface area (Å²) in [5, 5.41) is -0.277. The van der Waals surface area contributed by atoms with Gasteiger partial charge in [-0.25, -0.2) is 4.57 Å².